The molecule has 2 bridgehead atoms. The van der Waals surface area contributed by atoms with E-state index in [0.29, 0.717) is 47.7 Å². The maximum atomic E-state index is 12.0. The molecule has 6 aliphatic carbocycles. The largest absolute Gasteiger partial charge is 0.458 e. The third-order valence-electron chi connectivity index (χ3n) is 6.17. The van der Waals surface area contributed by atoms with Gasteiger partial charge >= 0.3 is 5.97 Å². The zero-order valence-electron chi connectivity index (χ0n) is 8.77. The number of ether oxygens (including phenoxy) is 1. The summed E-state index contributed by atoms with van der Waals surface area (Å²) in [7, 11) is 0. The number of rotatable bonds is 1. The van der Waals surface area contributed by atoms with Crippen LogP contribution in [0.3, 0.4) is 0 Å². The molecule has 0 aromatic rings. The Morgan fingerprint density at radius 1 is 1.31 bits per heavy atom. The summed E-state index contributed by atoms with van der Waals surface area (Å²) in [6.07, 6.45) is 0.712. The number of carbonyl (C=O) groups excluding carboxylic acids is 2. The molecule has 0 aromatic carbocycles. The van der Waals surface area contributed by atoms with Crippen LogP contribution < -0.4 is 0 Å². The fourth-order valence-electron chi connectivity index (χ4n) is 6.13. The third-order valence-corrected chi connectivity index (χ3v) is 7.67. The summed E-state index contributed by atoms with van der Waals surface area (Å²) in [5, 5.41) is 0. The molecule has 8 atom stereocenters. The highest BCUT2D eigenvalue weighted by Crippen LogP contribution is 2.96. The van der Waals surface area contributed by atoms with Crippen LogP contribution in [0.2, 0.25) is 0 Å². The van der Waals surface area contributed by atoms with Gasteiger partial charge in [0.15, 0.2) is 0 Å². The maximum absolute atomic E-state index is 12.0. The van der Waals surface area contributed by atoms with Gasteiger partial charge in [0, 0.05) is 31.1 Å². The third kappa shape index (κ3) is 0.461. The second-order valence-corrected chi connectivity index (χ2v) is 7.45. The molecule has 3 nitrogen and oxygen atoms in total. The Labute approximate surface area is 101 Å². The first-order valence-corrected chi connectivity index (χ1v) is 6.75. The van der Waals surface area contributed by atoms with E-state index in [9.17, 15) is 9.59 Å². The first-order chi connectivity index (χ1) is 7.54. The van der Waals surface area contributed by atoms with Crippen LogP contribution in [0, 0.1) is 35.5 Å². The summed E-state index contributed by atoms with van der Waals surface area (Å²) in [5.74, 6) is 3.25. The van der Waals surface area contributed by atoms with Gasteiger partial charge in [0.1, 0.15) is 11.4 Å². The van der Waals surface area contributed by atoms with Gasteiger partial charge in [0.2, 0.25) is 0 Å². The Balaban J connectivity index is 1.60. The zero-order valence-corrected chi connectivity index (χ0v) is 10.4. The molecule has 0 heterocycles. The Kier molecular flexibility index (Phi) is 1.04. The highest BCUT2D eigenvalue weighted by Gasteiger charge is 3.02. The summed E-state index contributed by atoms with van der Waals surface area (Å²) >= 11 is 3.70. The lowest BCUT2D eigenvalue weighted by molar-refractivity contribution is -0.501. The number of halogens is 1. The van der Waals surface area contributed by atoms with Crippen LogP contribution in [0.25, 0.3) is 0 Å². The van der Waals surface area contributed by atoms with Crippen molar-refractivity contribution >= 4 is 27.7 Å². The van der Waals surface area contributed by atoms with Gasteiger partial charge in [-0.25, -0.2) is 0 Å². The number of hydrogen-bond acceptors (Lipinski definition) is 3. The second kappa shape index (κ2) is 1.92. The van der Waals surface area contributed by atoms with Crippen LogP contribution in [-0.2, 0) is 14.3 Å². The minimum absolute atomic E-state index is 0.107. The van der Waals surface area contributed by atoms with E-state index >= 15 is 0 Å². The standard InChI is InChI=1S/C12H11BrO3/c1-3(14)16-12-6-4-2-5(15)11(13)8(6)10(12)9(11)7(4)12/h4,6-10H,2H2,1H3/t4?,6-,7+,8+,9-,10?,11?,12?. The van der Waals surface area contributed by atoms with Crippen molar-refractivity contribution < 1.29 is 14.3 Å². The van der Waals surface area contributed by atoms with E-state index in [1.54, 1.807) is 0 Å². The fraction of sp³-hybridized carbons (Fsp3) is 0.833. The molecule has 0 N–H and O–H groups in total. The summed E-state index contributed by atoms with van der Waals surface area (Å²) < 4.78 is 5.39. The molecule has 0 spiro atoms. The molecule has 16 heavy (non-hydrogen) atoms. The molecular formula is C12H11BrO3. The number of hydrogen-bond donors (Lipinski definition) is 0. The molecule has 4 unspecified atom stereocenters. The van der Waals surface area contributed by atoms with Gasteiger partial charge < -0.3 is 4.74 Å². The van der Waals surface area contributed by atoms with Crippen LogP contribution >= 0.6 is 15.9 Å². The van der Waals surface area contributed by atoms with Crippen LogP contribution in [0.5, 0.6) is 0 Å². The van der Waals surface area contributed by atoms with Crippen molar-refractivity contribution in [2.24, 2.45) is 35.5 Å². The van der Waals surface area contributed by atoms with Crippen molar-refractivity contribution in [1.29, 1.82) is 0 Å². The van der Waals surface area contributed by atoms with Crippen LogP contribution in [-0.4, -0.2) is 21.7 Å². The zero-order chi connectivity index (χ0) is 11.0. The predicted octanol–water partition coefficient (Wildman–Crippen LogP) is 1.15. The normalized spacial score (nSPS) is 70.5. The van der Waals surface area contributed by atoms with E-state index in [1.807, 2.05) is 0 Å². The van der Waals surface area contributed by atoms with Gasteiger partial charge in [-0.05, 0) is 17.8 Å². The van der Waals surface area contributed by atoms with Gasteiger partial charge in [0.05, 0.1) is 4.32 Å². The van der Waals surface area contributed by atoms with Crippen molar-refractivity contribution in [2.45, 2.75) is 23.3 Å². The first-order valence-electron chi connectivity index (χ1n) is 5.96. The number of esters is 1. The molecular weight excluding hydrogens is 272 g/mol. The minimum Gasteiger partial charge on any atom is -0.458 e. The second-order valence-electron chi connectivity index (χ2n) is 6.14. The lowest BCUT2D eigenvalue weighted by atomic mass is 9.09. The van der Waals surface area contributed by atoms with Crippen molar-refractivity contribution in [3.8, 4) is 0 Å². The van der Waals surface area contributed by atoms with E-state index in [4.69, 9.17) is 4.74 Å². The molecule has 4 heteroatoms. The van der Waals surface area contributed by atoms with Gasteiger partial charge in [-0.2, -0.15) is 0 Å². The maximum Gasteiger partial charge on any atom is 0.303 e. The Morgan fingerprint density at radius 2 is 1.94 bits per heavy atom. The molecule has 0 aromatic heterocycles. The fourth-order valence-corrected chi connectivity index (χ4v) is 7.43. The number of Topliss-reactive ketones (excluding diaryl/α,β-unsaturated/α-hetero) is 1. The Bertz CT molecular complexity index is 465. The quantitative estimate of drug-likeness (QED) is 0.535. The smallest absolute Gasteiger partial charge is 0.303 e. The molecule has 6 fully saturated rings. The molecule has 6 rings (SSSR count). The molecule has 0 aliphatic heterocycles. The molecule has 0 amide bonds. The number of fused-ring (bicyclic) bond motifs is 1. The van der Waals surface area contributed by atoms with Crippen LogP contribution in [0.15, 0.2) is 0 Å². The summed E-state index contributed by atoms with van der Waals surface area (Å²) in [4.78, 5) is 23.1. The molecule has 0 radical (unpaired) electrons. The Morgan fingerprint density at radius 3 is 2.50 bits per heavy atom. The van der Waals surface area contributed by atoms with Crippen molar-refractivity contribution in [3.63, 3.8) is 0 Å². The van der Waals surface area contributed by atoms with Gasteiger partial charge in [-0.1, -0.05) is 15.9 Å². The lowest BCUT2D eigenvalue weighted by Gasteiger charge is -2.97. The molecule has 6 saturated carbocycles. The monoisotopic (exact) mass is 282 g/mol. The average Bonchev–Trinajstić information content (AvgIpc) is 2.21. The average molecular weight is 283 g/mol. The van der Waals surface area contributed by atoms with Crippen LogP contribution in [0.4, 0.5) is 0 Å². The van der Waals surface area contributed by atoms with E-state index in [0.717, 1.165) is 0 Å². The van der Waals surface area contributed by atoms with Crippen LogP contribution in [0.1, 0.15) is 13.3 Å². The van der Waals surface area contributed by atoms with Crippen molar-refractivity contribution in [1.82, 2.24) is 0 Å². The molecule has 84 valence electrons. The van der Waals surface area contributed by atoms with Crippen molar-refractivity contribution in [2.75, 3.05) is 0 Å². The number of carbonyl (C=O) groups is 2. The number of alkyl halides is 1. The molecule has 0 saturated heterocycles. The topological polar surface area (TPSA) is 43.4 Å². The van der Waals surface area contributed by atoms with E-state index in [1.165, 1.54) is 6.92 Å². The Hall–Kier alpha value is -0.380. The SMILES string of the molecule is CC(=O)OC12C3[C@@H]4[C@H]1C1CC(=O)C4(Br)[C@@H]3[C@H]12. The predicted molar refractivity (Wildman–Crippen MR) is 56.7 cm³/mol. The lowest BCUT2D eigenvalue weighted by Crippen LogP contribution is -3.05. The van der Waals surface area contributed by atoms with Gasteiger partial charge in [0.25, 0.3) is 0 Å². The summed E-state index contributed by atoms with van der Waals surface area (Å²) in [6.45, 7) is 1.50. The van der Waals surface area contributed by atoms with E-state index in [2.05, 4.69) is 15.9 Å². The van der Waals surface area contributed by atoms with E-state index < -0.39 is 0 Å². The highest BCUT2D eigenvalue weighted by molar-refractivity contribution is 9.10. The van der Waals surface area contributed by atoms with E-state index in [-0.39, 0.29) is 15.9 Å². The van der Waals surface area contributed by atoms with Gasteiger partial charge in [-0.15, -0.1) is 0 Å². The highest BCUT2D eigenvalue weighted by atomic mass is 79.9. The van der Waals surface area contributed by atoms with Crippen molar-refractivity contribution in [3.05, 3.63) is 0 Å². The summed E-state index contributed by atoms with van der Waals surface area (Å²) in [5.41, 5.74) is -0.107. The van der Waals surface area contributed by atoms with Gasteiger partial charge in [-0.3, -0.25) is 9.59 Å². The first kappa shape index (κ1) is 8.67. The number of ketones is 1. The summed E-state index contributed by atoms with van der Waals surface area (Å²) in [6, 6.07) is 0. The molecule has 6 aliphatic rings. The minimum atomic E-state index is -0.205.